The van der Waals surface area contributed by atoms with Gasteiger partial charge < -0.3 is 5.11 Å². The maximum Gasteiger partial charge on any atom is 0.279 e. The fourth-order valence-corrected chi connectivity index (χ4v) is 2.77. The van der Waals surface area contributed by atoms with Crippen LogP contribution in [0.5, 0.6) is 0 Å². The van der Waals surface area contributed by atoms with Crippen LogP contribution in [0.25, 0.3) is 0 Å². The van der Waals surface area contributed by atoms with Crippen molar-refractivity contribution < 1.29 is 22.3 Å². The second kappa shape index (κ2) is 5.17. The van der Waals surface area contributed by atoms with Gasteiger partial charge in [-0.2, -0.15) is 13.5 Å². The Hall–Kier alpha value is -2.00. The number of sulfonamides is 1. The summed E-state index contributed by atoms with van der Waals surface area (Å²) in [6.07, 6.45) is 1.11. The number of hydrogen-bond donors (Lipinski definition) is 3. The van der Waals surface area contributed by atoms with Gasteiger partial charge in [0, 0.05) is 5.56 Å². The lowest BCUT2D eigenvalue weighted by Crippen LogP contribution is -2.17. The van der Waals surface area contributed by atoms with Crippen molar-refractivity contribution >= 4 is 15.7 Å². The monoisotopic (exact) mass is 303 g/mol. The molecule has 1 aromatic carbocycles. The van der Waals surface area contributed by atoms with Gasteiger partial charge in [-0.25, -0.2) is 8.78 Å². The van der Waals surface area contributed by atoms with Gasteiger partial charge >= 0.3 is 0 Å². The van der Waals surface area contributed by atoms with Gasteiger partial charge in [-0.3, -0.25) is 9.82 Å². The zero-order valence-corrected chi connectivity index (χ0v) is 11.1. The van der Waals surface area contributed by atoms with Crippen LogP contribution in [0.2, 0.25) is 0 Å². The van der Waals surface area contributed by atoms with Crippen molar-refractivity contribution in [3.63, 3.8) is 0 Å². The molecule has 0 fully saturated rings. The first-order chi connectivity index (χ1) is 9.36. The third-order valence-electron chi connectivity index (χ3n) is 2.64. The summed E-state index contributed by atoms with van der Waals surface area (Å²) in [6, 6.07) is 2.15. The average molecular weight is 303 g/mol. The van der Waals surface area contributed by atoms with Crippen molar-refractivity contribution in [2.75, 3.05) is 4.72 Å². The lowest BCUT2D eigenvalue weighted by atomic mass is 10.2. The fourth-order valence-electron chi connectivity index (χ4n) is 1.58. The van der Waals surface area contributed by atoms with Crippen LogP contribution in [0.4, 0.5) is 14.5 Å². The van der Waals surface area contributed by atoms with E-state index in [1.807, 2.05) is 4.72 Å². The first-order valence-corrected chi connectivity index (χ1v) is 6.95. The van der Waals surface area contributed by atoms with Crippen molar-refractivity contribution in [2.24, 2.45) is 0 Å². The van der Waals surface area contributed by atoms with E-state index in [0.717, 1.165) is 12.3 Å². The summed E-state index contributed by atoms with van der Waals surface area (Å²) in [4.78, 5) is 0. The number of nitrogens with one attached hydrogen (secondary N) is 2. The number of aryl methyl sites for hydroxylation is 1. The Morgan fingerprint density at radius 3 is 2.75 bits per heavy atom. The Balaban J connectivity index is 2.47. The number of aromatic nitrogens is 2. The summed E-state index contributed by atoms with van der Waals surface area (Å²) in [5.41, 5.74) is -0.689. The second-order valence-corrected chi connectivity index (χ2v) is 5.66. The normalized spacial score (nSPS) is 11.6. The highest BCUT2D eigenvalue weighted by atomic mass is 32.2. The summed E-state index contributed by atoms with van der Waals surface area (Å²) >= 11 is 0. The average Bonchev–Trinajstić information content (AvgIpc) is 2.88. The van der Waals surface area contributed by atoms with Gasteiger partial charge in [-0.05, 0) is 18.6 Å². The molecule has 1 heterocycles. The minimum Gasteiger partial charge on any atom is -0.392 e. The molecule has 2 aromatic rings. The van der Waals surface area contributed by atoms with Gasteiger partial charge in [-0.15, -0.1) is 0 Å². The van der Waals surface area contributed by atoms with Crippen LogP contribution < -0.4 is 4.72 Å². The van der Waals surface area contributed by atoms with Gasteiger partial charge in [0.1, 0.15) is 11.5 Å². The van der Waals surface area contributed by atoms with E-state index in [1.165, 1.54) is 13.0 Å². The molecule has 3 N–H and O–H groups in total. The van der Waals surface area contributed by atoms with E-state index in [0.29, 0.717) is 0 Å². The number of halogens is 2. The molecule has 6 nitrogen and oxygen atoms in total. The van der Waals surface area contributed by atoms with E-state index in [-0.39, 0.29) is 11.1 Å². The molecule has 0 radical (unpaired) electrons. The molecule has 1 aromatic heterocycles. The predicted molar refractivity (Wildman–Crippen MR) is 66.4 cm³/mol. The molecule has 0 saturated heterocycles. The van der Waals surface area contributed by atoms with Crippen molar-refractivity contribution in [2.45, 2.75) is 18.6 Å². The molecule has 108 valence electrons. The van der Waals surface area contributed by atoms with Gasteiger partial charge in [0.25, 0.3) is 10.0 Å². The highest BCUT2D eigenvalue weighted by Crippen LogP contribution is 2.25. The predicted octanol–water partition coefficient (Wildman–Crippen LogP) is 1.29. The molecule has 0 unspecified atom stereocenters. The molecule has 0 saturated carbocycles. The van der Waals surface area contributed by atoms with E-state index in [9.17, 15) is 17.2 Å². The highest BCUT2D eigenvalue weighted by Gasteiger charge is 2.24. The maximum atomic E-state index is 13.8. The third-order valence-corrected chi connectivity index (χ3v) is 4.00. The van der Waals surface area contributed by atoms with Crippen LogP contribution in [0.15, 0.2) is 23.4 Å². The largest absolute Gasteiger partial charge is 0.392 e. The second-order valence-electron chi connectivity index (χ2n) is 4.04. The number of H-pyrrole nitrogens is 1. The first kappa shape index (κ1) is 14.4. The molecule has 0 aliphatic rings. The van der Waals surface area contributed by atoms with E-state index in [4.69, 9.17) is 5.11 Å². The fraction of sp³-hybridized carbons (Fsp3) is 0.182. The Morgan fingerprint density at radius 2 is 2.10 bits per heavy atom. The number of anilines is 1. The van der Waals surface area contributed by atoms with Gasteiger partial charge in [0.15, 0.2) is 10.8 Å². The Bertz CT molecular complexity index is 743. The molecule has 2 rings (SSSR count). The van der Waals surface area contributed by atoms with Gasteiger partial charge in [-0.1, -0.05) is 6.07 Å². The zero-order valence-electron chi connectivity index (χ0n) is 10.3. The van der Waals surface area contributed by atoms with Crippen LogP contribution in [-0.4, -0.2) is 23.7 Å². The standard InChI is InChI=1S/C11H11F2N3O3S/c1-6-2-3-8(12)10(9(6)13)16-20(18,19)11-7(5-17)4-14-15-11/h2-4,16-17H,5H2,1H3,(H,14,15). The molecule has 0 bridgehead atoms. The number of nitrogens with zero attached hydrogens (tertiary/aromatic N) is 1. The summed E-state index contributed by atoms with van der Waals surface area (Å²) < 4.78 is 53.2. The molecule has 0 aliphatic carbocycles. The number of hydrogen-bond acceptors (Lipinski definition) is 4. The summed E-state index contributed by atoms with van der Waals surface area (Å²) in [5, 5.41) is 14.2. The molecule has 20 heavy (non-hydrogen) atoms. The van der Waals surface area contributed by atoms with E-state index in [2.05, 4.69) is 10.2 Å². The number of aliphatic hydroxyl groups excluding tert-OH is 1. The van der Waals surface area contributed by atoms with Crippen LogP contribution in [0.3, 0.4) is 0 Å². The van der Waals surface area contributed by atoms with Crippen LogP contribution >= 0.6 is 0 Å². The molecular formula is C11H11F2N3O3S. The quantitative estimate of drug-likeness (QED) is 0.793. The number of aliphatic hydroxyl groups is 1. The van der Waals surface area contributed by atoms with Gasteiger partial charge in [0.05, 0.1) is 12.8 Å². The van der Waals surface area contributed by atoms with Crippen molar-refractivity contribution in [1.29, 1.82) is 0 Å². The number of aromatic amines is 1. The number of benzene rings is 1. The summed E-state index contributed by atoms with van der Waals surface area (Å²) in [6.45, 7) is 0.799. The topological polar surface area (TPSA) is 95.1 Å². The number of rotatable bonds is 4. The minimum atomic E-state index is -4.28. The zero-order chi connectivity index (χ0) is 14.9. The SMILES string of the molecule is Cc1ccc(F)c(NS(=O)(=O)c2[nH]ncc2CO)c1F. The Labute approximate surface area is 113 Å². The molecular weight excluding hydrogens is 292 g/mol. The Morgan fingerprint density at radius 1 is 1.40 bits per heavy atom. The maximum absolute atomic E-state index is 13.8. The smallest absolute Gasteiger partial charge is 0.279 e. The van der Waals surface area contributed by atoms with Crippen LogP contribution in [-0.2, 0) is 16.6 Å². The molecule has 0 atom stereocenters. The van der Waals surface area contributed by atoms with Gasteiger partial charge in [0.2, 0.25) is 0 Å². The summed E-state index contributed by atoms with van der Waals surface area (Å²) in [7, 11) is -4.28. The van der Waals surface area contributed by atoms with Crippen LogP contribution in [0.1, 0.15) is 11.1 Å². The van der Waals surface area contributed by atoms with Crippen molar-refractivity contribution in [1.82, 2.24) is 10.2 Å². The molecule has 0 spiro atoms. The molecule has 9 heteroatoms. The van der Waals surface area contributed by atoms with E-state index < -0.39 is 39.0 Å². The third kappa shape index (κ3) is 2.49. The molecule has 0 aliphatic heterocycles. The molecule has 0 amide bonds. The minimum absolute atomic E-state index is 0.00836. The summed E-state index contributed by atoms with van der Waals surface area (Å²) in [5.74, 6) is -2.04. The van der Waals surface area contributed by atoms with E-state index in [1.54, 1.807) is 0 Å². The lowest BCUT2D eigenvalue weighted by Gasteiger charge is -2.10. The van der Waals surface area contributed by atoms with Crippen molar-refractivity contribution in [3.05, 3.63) is 41.1 Å². The Kier molecular flexibility index (Phi) is 3.73. The van der Waals surface area contributed by atoms with Crippen LogP contribution in [0, 0.1) is 18.6 Å². The van der Waals surface area contributed by atoms with E-state index >= 15 is 0 Å². The first-order valence-electron chi connectivity index (χ1n) is 5.47. The highest BCUT2D eigenvalue weighted by molar-refractivity contribution is 7.92. The van der Waals surface area contributed by atoms with Crippen molar-refractivity contribution in [3.8, 4) is 0 Å². The lowest BCUT2D eigenvalue weighted by molar-refractivity contribution is 0.278.